The highest BCUT2D eigenvalue weighted by molar-refractivity contribution is 5.85. The van der Waals surface area contributed by atoms with Crippen LogP contribution in [-0.2, 0) is 6.54 Å². The van der Waals surface area contributed by atoms with Gasteiger partial charge in [0.15, 0.2) is 5.82 Å². The molecule has 0 unspecified atom stereocenters. The van der Waals surface area contributed by atoms with Gasteiger partial charge < -0.3 is 14.2 Å². The quantitative estimate of drug-likeness (QED) is 0.797. The number of hydrogen-bond donors (Lipinski definition) is 1. The summed E-state index contributed by atoms with van der Waals surface area (Å²) >= 11 is 0. The Kier molecular flexibility index (Phi) is 3.98. The van der Waals surface area contributed by atoms with E-state index in [1.54, 1.807) is 7.11 Å². The third kappa shape index (κ3) is 2.89. The lowest BCUT2D eigenvalue weighted by atomic mass is 9.89. The fourth-order valence-electron chi connectivity index (χ4n) is 3.58. The Morgan fingerprint density at radius 3 is 2.88 bits per heavy atom. The molecule has 1 saturated heterocycles. The van der Waals surface area contributed by atoms with Crippen LogP contribution in [0.25, 0.3) is 10.9 Å². The number of ether oxygens (including phenoxy) is 1. The zero-order chi connectivity index (χ0) is 16.5. The van der Waals surface area contributed by atoms with E-state index in [9.17, 15) is 0 Å². The number of aromatic amines is 1. The van der Waals surface area contributed by atoms with Crippen LogP contribution in [0.5, 0.6) is 5.75 Å². The predicted molar refractivity (Wildman–Crippen MR) is 91.1 cm³/mol. The van der Waals surface area contributed by atoms with Gasteiger partial charge in [0.1, 0.15) is 5.75 Å². The van der Waals surface area contributed by atoms with Crippen LogP contribution in [0.1, 0.15) is 36.0 Å². The Morgan fingerprint density at radius 1 is 1.33 bits per heavy atom. The molecule has 1 aliphatic heterocycles. The summed E-state index contributed by atoms with van der Waals surface area (Å²) in [6.45, 7) is 4.69. The number of hydrogen-bond acceptors (Lipinski definition) is 5. The van der Waals surface area contributed by atoms with Gasteiger partial charge in [-0.05, 0) is 62.5 Å². The molecule has 2 aromatic heterocycles. The van der Waals surface area contributed by atoms with Crippen molar-refractivity contribution in [3.8, 4) is 5.75 Å². The van der Waals surface area contributed by atoms with E-state index in [0.29, 0.717) is 17.6 Å². The topological polar surface area (TPSA) is 67.2 Å². The van der Waals surface area contributed by atoms with Crippen LogP contribution in [-0.4, -0.2) is 40.2 Å². The van der Waals surface area contributed by atoms with Gasteiger partial charge in [0.05, 0.1) is 13.7 Å². The average Bonchev–Trinajstić information content (AvgIpc) is 3.21. The SMILES string of the molecule is COc1ccc2[nH]cc(C3CCN(Cc4nc(C)no4)CC3)c2c1. The summed E-state index contributed by atoms with van der Waals surface area (Å²) in [6.07, 6.45) is 4.43. The van der Waals surface area contributed by atoms with Gasteiger partial charge in [-0.1, -0.05) is 5.16 Å². The van der Waals surface area contributed by atoms with Crippen LogP contribution in [0.2, 0.25) is 0 Å². The minimum Gasteiger partial charge on any atom is -0.497 e. The molecule has 6 heteroatoms. The van der Waals surface area contributed by atoms with E-state index < -0.39 is 0 Å². The highest BCUT2D eigenvalue weighted by Gasteiger charge is 2.24. The number of likely N-dealkylation sites (tertiary alicyclic amines) is 1. The first-order chi connectivity index (χ1) is 11.7. The largest absolute Gasteiger partial charge is 0.497 e. The molecule has 6 nitrogen and oxygen atoms in total. The van der Waals surface area contributed by atoms with Crippen LogP contribution in [0.3, 0.4) is 0 Å². The fourth-order valence-corrected chi connectivity index (χ4v) is 3.58. The number of piperidine rings is 1. The summed E-state index contributed by atoms with van der Waals surface area (Å²) in [5.41, 5.74) is 2.58. The second kappa shape index (κ2) is 6.28. The van der Waals surface area contributed by atoms with Crippen molar-refractivity contribution in [3.05, 3.63) is 41.7 Å². The summed E-state index contributed by atoms with van der Waals surface area (Å²) in [6, 6.07) is 6.22. The lowest BCUT2D eigenvalue weighted by Crippen LogP contribution is -2.32. The van der Waals surface area contributed by atoms with Gasteiger partial charge in [-0.2, -0.15) is 4.98 Å². The predicted octanol–water partition coefficient (Wildman–Crippen LogP) is 3.25. The van der Waals surface area contributed by atoms with Crippen molar-refractivity contribution >= 4 is 10.9 Å². The number of fused-ring (bicyclic) bond motifs is 1. The molecule has 1 aromatic carbocycles. The Hall–Kier alpha value is -2.34. The maximum Gasteiger partial charge on any atom is 0.240 e. The van der Waals surface area contributed by atoms with Crippen LogP contribution in [0.15, 0.2) is 28.9 Å². The number of aromatic nitrogens is 3. The Morgan fingerprint density at radius 2 is 2.17 bits per heavy atom. The molecule has 0 spiro atoms. The van der Waals surface area contributed by atoms with Crippen molar-refractivity contribution in [1.29, 1.82) is 0 Å². The lowest BCUT2D eigenvalue weighted by molar-refractivity contribution is 0.181. The zero-order valence-corrected chi connectivity index (χ0v) is 14.1. The van der Waals surface area contributed by atoms with E-state index in [0.717, 1.165) is 38.2 Å². The van der Waals surface area contributed by atoms with Crippen molar-refractivity contribution in [2.75, 3.05) is 20.2 Å². The molecule has 3 aromatic rings. The molecule has 24 heavy (non-hydrogen) atoms. The second-order valence-corrected chi connectivity index (χ2v) is 6.44. The van der Waals surface area contributed by atoms with E-state index in [-0.39, 0.29) is 0 Å². The molecule has 3 heterocycles. The fraction of sp³-hybridized carbons (Fsp3) is 0.444. The smallest absolute Gasteiger partial charge is 0.240 e. The molecule has 1 fully saturated rings. The number of benzene rings is 1. The maximum absolute atomic E-state index is 5.37. The lowest BCUT2D eigenvalue weighted by Gasteiger charge is -2.30. The van der Waals surface area contributed by atoms with Crippen LogP contribution in [0, 0.1) is 6.92 Å². The molecule has 126 valence electrons. The number of rotatable bonds is 4. The van der Waals surface area contributed by atoms with Crippen molar-refractivity contribution < 1.29 is 9.26 Å². The molecule has 1 aliphatic rings. The number of nitrogens with zero attached hydrogens (tertiary/aromatic N) is 3. The van der Waals surface area contributed by atoms with Gasteiger partial charge in [0.25, 0.3) is 0 Å². The van der Waals surface area contributed by atoms with E-state index in [4.69, 9.17) is 9.26 Å². The van der Waals surface area contributed by atoms with Gasteiger partial charge in [-0.3, -0.25) is 4.90 Å². The van der Waals surface area contributed by atoms with Gasteiger partial charge >= 0.3 is 0 Å². The highest BCUT2D eigenvalue weighted by Crippen LogP contribution is 2.34. The summed E-state index contributed by atoms with van der Waals surface area (Å²) in [4.78, 5) is 10.1. The Labute approximate surface area is 140 Å². The first-order valence-electron chi connectivity index (χ1n) is 8.39. The van der Waals surface area contributed by atoms with E-state index in [1.807, 2.05) is 13.0 Å². The Balaban J connectivity index is 1.45. The zero-order valence-electron chi connectivity index (χ0n) is 14.1. The Bertz CT molecular complexity index is 831. The number of methoxy groups -OCH3 is 1. The average molecular weight is 326 g/mol. The molecule has 1 N–H and O–H groups in total. The number of aryl methyl sites for hydroxylation is 1. The first-order valence-corrected chi connectivity index (χ1v) is 8.39. The third-order valence-corrected chi connectivity index (χ3v) is 4.88. The molecule has 0 atom stereocenters. The van der Waals surface area contributed by atoms with E-state index in [1.165, 1.54) is 16.5 Å². The van der Waals surface area contributed by atoms with Gasteiger partial charge in [-0.15, -0.1) is 0 Å². The van der Waals surface area contributed by atoms with E-state index in [2.05, 4.69) is 38.4 Å². The number of H-pyrrole nitrogens is 1. The third-order valence-electron chi connectivity index (χ3n) is 4.88. The van der Waals surface area contributed by atoms with Crippen molar-refractivity contribution in [1.82, 2.24) is 20.0 Å². The normalized spacial score (nSPS) is 16.8. The molecule has 0 aliphatic carbocycles. The molecule has 0 radical (unpaired) electrons. The molecule has 0 saturated carbocycles. The second-order valence-electron chi connectivity index (χ2n) is 6.44. The van der Waals surface area contributed by atoms with Crippen LogP contribution >= 0.6 is 0 Å². The monoisotopic (exact) mass is 326 g/mol. The number of nitrogens with one attached hydrogen (secondary N) is 1. The van der Waals surface area contributed by atoms with Gasteiger partial charge in [0, 0.05) is 17.1 Å². The van der Waals surface area contributed by atoms with E-state index >= 15 is 0 Å². The maximum atomic E-state index is 5.37. The van der Waals surface area contributed by atoms with Crippen molar-refractivity contribution in [2.24, 2.45) is 0 Å². The first kappa shape index (κ1) is 15.2. The van der Waals surface area contributed by atoms with Gasteiger partial charge in [0.2, 0.25) is 5.89 Å². The minimum atomic E-state index is 0.575. The van der Waals surface area contributed by atoms with Gasteiger partial charge in [-0.25, -0.2) is 0 Å². The molecular weight excluding hydrogens is 304 g/mol. The summed E-state index contributed by atoms with van der Waals surface area (Å²) in [7, 11) is 1.71. The summed E-state index contributed by atoms with van der Waals surface area (Å²) in [5, 5.41) is 5.14. The molecule has 0 bridgehead atoms. The highest BCUT2D eigenvalue weighted by atomic mass is 16.5. The summed E-state index contributed by atoms with van der Waals surface area (Å²) in [5.74, 6) is 2.90. The molecular formula is C18H22N4O2. The van der Waals surface area contributed by atoms with Crippen molar-refractivity contribution in [3.63, 3.8) is 0 Å². The van der Waals surface area contributed by atoms with Crippen LogP contribution < -0.4 is 4.74 Å². The standard InChI is InChI=1S/C18H22N4O2/c1-12-20-18(24-21-12)11-22-7-5-13(6-8-22)16-10-19-17-4-3-14(23-2)9-15(16)17/h3-4,9-10,13,19H,5-8,11H2,1-2H3. The van der Waals surface area contributed by atoms with Crippen molar-refractivity contribution in [2.45, 2.75) is 32.2 Å². The molecule has 4 rings (SSSR count). The molecule has 0 amide bonds. The summed E-state index contributed by atoms with van der Waals surface area (Å²) < 4.78 is 10.6. The van der Waals surface area contributed by atoms with Crippen LogP contribution in [0.4, 0.5) is 0 Å². The minimum absolute atomic E-state index is 0.575.